The number of hydrogen-bond donors (Lipinski definition) is 1. The molecule has 1 atom stereocenters. The van der Waals surface area contributed by atoms with Crippen molar-refractivity contribution < 1.29 is 22.8 Å². The number of alkyl halides is 3. The molecule has 1 aliphatic carbocycles. The van der Waals surface area contributed by atoms with E-state index in [9.17, 15) is 22.8 Å². The van der Waals surface area contributed by atoms with Gasteiger partial charge in [-0.05, 0) is 57.2 Å². The van der Waals surface area contributed by atoms with E-state index in [-0.39, 0.29) is 23.8 Å². The Balaban J connectivity index is 1.32. The summed E-state index contributed by atoms with van der Waals surface area (Å²) in [5, 5.41) is 7.55. The van der Waals surface area contributed by atoms with Crippen molar-refractivity contribution in [2.45, 2.75) is 70.1 Å². The predicted octanol–water partition coefficient (Wildman–Crippen LogP) is 3.89. The molecule has 3 aliphatic rings. The van der Waals surface area contributed by atoms with E-state index < -0.39 is 11.7 Å². The highest BCUT2D eigenvalue weighted by molar-refractivity contribution is 5.97. The van der Waals surface area contributed by atoms with Gasteiger partial charge < -0.3 is 10.2 Å². The molecule has 2 saturated heterocycles. The zero-order valence-electron chi connectivity index (χ0n) is 20.6. The highest BCUT2D eigenvalue weighted by Crippen LogP contribution is 2.44. The van der Waals surface area contributed by atoms with Gasteiger partial charge in [-0.15, -0.1) is 0 Å². The van der Waals surface area contributed by atoms with Crippen LogP contribution < -0.4 is 5.32 Å². The van der Waals surface area contributed by atoms with E-state index in [4.69, 9.17) is 0 Å². The fourth-order valence-electron chi connectivity index (χ4n) is 5.67. The number of aryl methyl sites for hydroxylation is 1. The highest BCUT2D eigenvalue weighted by Gasteiger charge is 2.38. The average Bonchev–Trinajstić information content (AvgIpc) is 3.47. The van der Waals surface area contributed by atoms with Crippen molar-refractivity contribution >= 4 is 11.8 Å². The van der Waals surface area contributed by atoms with Crippen molar-refractivity contribution in [2.75, 3.05) is 26.2 Å². The summed E-state index contributed by atoms with van der Waals surface area (Å²) in [7, 11) is 0. The Morgan fingerprint density at radius 3 is 2.42 bits per heavy atom. The van der Waals surface area contributed by atoms with Crippen LogP contribution in [0.15, 0.2) is 24.3 Å². The van der Waals surface area contributed by atoms with Gasteiger partial charge in [-0.3, -0.25) is 14.5 Å². The van der Waals surface area contributed by atoms with Crippen LogP contribution in [0.5, 0.6) is 0 Å². The van der Waals surface area contributed by atoms with Gasteiger partial charge >= 0.3 is 6.18 Å². The first kappa shape index (κ1) is 24.8. The lowest BCUT2D eigenvalue weighted by Crippen LogP contribution is -2.47. The maximum atomic E-state index is 13.7. The third kappa shape index (κ3) is 5.00. The van der Waals surface area contributed by atoms with Gasteiger partial charge in [0, 0.05) is 51.1 Å². The van der Waals surface area contributed by atoms with Gasteiger partial charge in [0.15, 0.2) is 0 Å². The van der Waals surface area contributed by atoms with E-state index in [1.165, 1.54) is 6.07 Å². The van der Waals surface area contributed by atoms with Crippen molar-refractivity contribution in [1.29, 1.82) is 0 Å². The second kappa shape index (κ2) is 9.53. The summed E-state index contributed by atoms with van der Waals surface area (Å²) in [6.45, 7) is 6.35. The van der Waals surface area contributed by atoms with E-state index in [0.29, 0.717) is 36.1 Å². The molecule has 5 rings (SSSR count). The van der Waals surface area contributed by atoms with Gasteiger partial charge in [0.2, 0.25) is 5.91 Å². The van der Waals surface area contributed by atoms with Crippen LogP contribution >= 0.6 is 0 Å². The van der Waals surface area contributed by atoms with Crippen molar-refractivity contribution in [1.82, 2.24) is 24.9 Å². The van der Waals surface area contributed by atoms with Crippen molar-refractivity contribution in [3.8, 4) is 5.69 Å². The Kier molecular flexibility index (Phi) is 6.57. The van der Waals surface area contributed by atoms with Crippen LogP contribution in [0, 0.1) is 6.92 Å². The molecule has 194 valence electrons. The molecular weight excluding hydrogens is 471 g/mol. The number of benzene rings is 1. The van der Waals surface area contributed by atoms with E-state index >= 15 is 0 Å². The Morgan fingerprint density at radius 2 is 1.78 bits per heavy atom. The number of nitrogens with zero attached hydrogens (tertiary/aromatic N) is 4. The van der Waals surface area contributed by atoms with Crippen LogP contribution in [0.1, 0.15) is 72.3 Å². The Hall–Kier alpha value is -2.88. The van der Waals surface area contributed by atoms with Crippen LogP contribution in [-0.4, -0.2) is 69.7 Å². The lowest BCUT2D eigenvalue weighted by atomic mass is 10.0. The number of amides is 2. The molecule has 10 heteroatoms. The molecule has 0 spiro atoms. The van der Waals surface area contributed by atoms with Gasteiger partial charge in [-0.25, -0.2) is 4.68 Å². The zero-order chi connectivity index (χ0) is 25.6. The summed E-state index contributed by atoms with van der Waals surface area (Å²) in [6, 6.07) is 5.70. The van der Waals surface area contributed by atoms with Crippen LogP contribution in [0.4, 0.5) is 13.2 Å². The lowest BCUT2D eigenvalue weighted by Gasteiger charge is -2.37. The molecule has 1 aromatic carbocycles. The number of carbonyl (C=O) groups excluding carboxylic acids is 2. The minimum Gasteiger partial charge on any atom is -0.352 e. The van der Waals surface area contributed by atoms with E-state index in [2.05, 4.69) is 15.3 Å². The normalized spacial score (nSPS) is 21.7. The van der Waals surface area contributed by atoms with E-state index in [1.54, 1.807) is 24.6 Å². The average molecular weight is 504 g/mol. The molecule has 1 aromatic heterocycles. The Labute approximate surface area is 208 Å². The monoisotopic (exact) mass is 503 g/mol. The summed E-state index contributed by atoms with van der Waals surface area (Å²) in [6.07, 6.45) is 0.0137. The summed E-state index contributed by atoms with van der Waals surface area (Å²) in [5.41, 5.74) is 1.43. The van der Waals surface area contributed by atoms with Gasteiger partial charge in [0.25, 0.3) is 5.91 Å². The second-order valence-corrected chi connectivity index (χ2v) is 10.3. The Morgan fingerprint density at radius 1 is 1.06 bits per heavy atom. The molecule has 2 aromatic rings. The first-order chi connectivity index (χ1) is 17.1. The fourth-order valence-corrected chi connectivity index (χ4v) is 5.67. The summed E-state index contributed by atoms with van der Waals surface area (Å²) < 4.78 is 41.5. The molecule has 36 heavy (non-hydrogen) atoms. The summed E-state index contributed by atoms with van der Waals surface area (Å²) >= 11 is 0. The molecular formula is C26H32F3N5O2. The number of hydrogen-bond acceptors (Lipinski definition) is 4. The SMILES string of the molecule is CC(=O)N[C@@H]1CCN(C2CCN(C(=O)c3c(C)nn(-c4cccc(C(F)(F)F)c4)c3C3CC3)CC2)C1. The molecule has 3 fully saturated rings. The third-order valence-electron chi connectivity index (χ3n) is 7.59. The van der Waals surface area contributed by atoms with E-state index in [1.807, 2.05) is 4.90 Å². The topological polar surface area (TPSA) is 70.5 Å². The zero-order valence-corrected chi connectivity index (χ0v) is 20.6. The van der Waals surface area contributed by atoms with Crippen molar-refractivity contribution in [2.24, 2.45) is 0 Å². The second-order valence-electron chi connectivity index (χ2n) is 10.3. The summed E-state index contributed by atoms with van der Waals surface area (Å²) in [4.78, 5) is 29.3. The maximum Gasteiger partial charge on any atom is 0.416 e. The first-order valence-electron chi connectivity index (χ1n) is 12.7. The van der Waals surface area contributed by atoms with Crippen LogP contribution in [0.3, 0.4) is 0 Å². The number of halogens is 3. The molecule has 2 amide bonds. The number of likely N-dealkylation sites (tertiary alicyclic amines) is 2. The van der Waals surface area contributed by atoms with Gasteiger partial charge in [-0.1, -0.05) is 6.07 Å². The molecule has 0 radical (unpaired) electrons. The van der Waals surface area contributed by atoms with Gasteiger partial charge in [-0.2, -0.15) is 18.3 Å². The number of piperidine rings is 1. The van der Waals surface area contributed by atoms with E-state index in [0.717, 1.165) is 63.0 Å². The largest absolute Gasteiger partial charge is 0.416 e. The standard InChI is InChI=1S/C26H32F3N5O2/c1-16-23(24(18-6-7-18)34(31-16)22-5-3-4-19(14-22)26(27,28)29)25(36)32-12-9-21(10-13-32)33-11-8-20(15-33)30-17(2)35/h3-5,14,18,20-21H,6-13,15H2,1-2H3,(H,30,35)/t20-/m1/s1. The molecule has 0 bridgehead atoms. The number of aromatic nitrogens is 2. The molecule has 3 heterocycles. The third-order valence-corrected chi connectivity index (χ3v) is 7.59. The molecule has 0 unspecified atom stereocenters. The molecule has 1 saturated carbocycles. The van der Waals surface area contributed by atoms with Gasteiger partial charge in [0.05, 0.1) is 28.2 Å². The first-order valence-corrected chi connectivity index (χ1v) is 12.7. The lowest BCUT2D eigenvalue weighted by molar-refractivity contribution is -0.137. The van der Waals surface area contributed by atoms with Crippen molar-refractivity contribution in [3.63, 3.8) is 0 Å². The molecule has 7 nitrogen and oxygen atoms in total. The molecule has 1 N–H and O–H groups in total. The quantitative estimate of drug-likeness (QED) is 0.672. The number of nitrogens with one attached hydrogen (secondary N) is 1. The predicted molar refractivity (Wildman–Crippen MR) is 128 cm³/mol. The minimum absolute atomic E-state index is 0.00483. The summed E-state index contributed by atoms with van der Waals surface area (Å²) in [5.74, 6) is 0.0472. The molecule has 2 aliphatic heterocycles. The maximum absolute atomic E-state index is 13.7. The van der Waals surface area contributed by atoms with Crippen LogP contribution in [0.25, 0.3) is 5.69 Å². The minimum atomic E-state index is -4.45. The number of rotatable bonds is 5. The Bertz CT molecular complexity index is 1150. The fraction of sp³-hybridized carbons (Fsp3) is 0.577. The number of carbonyl (C=O) groups is 2. The highest BCUT2D eigenvalue weighted by atomic mass is 19.4. The van der Waals surface area contributed by atoms with Crippen molar-refractivity contribution in [3.05, 3.63) is 46.8 Å². The van der Waals surface area contributed by atoms with Crippen LogP contribution in [0.2, 0.25) is 0 Å². The smallest absolute Gasteiger partial charge is 0.352 e. The van der Waals surface area contributed by atoms with Gasteiger partial charge in [0.1, 0.15) is 0 Å². The van der Waals surface area contributed by atoms with Crippen LogP contribution in [-0.2, 0) is 11.0 Å².